The lowest BCUT2D eigenvalue weighted by molar-refractivity contribution is 0.247. The van der Waals surface area contributed by atoms with Crippen LogP contribution in [0.15, 0.2) is 47.3 Å². The molecule has 2 aromatic carbocycles. The number of likely N-dealkylation sites (N-methyl/N-ethyl adjacent to an activating group) is 1. The number of rotatable bonds is 5. The minimum atomic E-state index is -0.223. The summed E-state index contributed by atoms with van der Waals surface area (Å²) in [5.41, 5.74) is 0.726. The van der Waals surface area contributed by atoms with Crippen LogP contribution in [-0.4, -0.2) is 52.0 Å². The number of amides is 2. The second-order valence-electron chi connectivity index (χ2n) is 8.03. The Morgan fingerprint density at radius 3 is 2.80 bits per heavy atom. The Morgan fingerprint density at radius 1 is 1.17 bits per heavy atom. The van der Waals surface area contributed by atoms with Gasteiger partial charge in [0, 0.05) is 30.9 Å². The average Bonchev–Trinajstić information content (AvgIpc) is 2.89. The van der Waals surface area contributed by atoms with Gasteiger partial charge in [0.2, 0.25) is 0 Å². The van der Waals surface area contributed by atoms with Gasteiger partial charge in [0.05, 0.1) is 12.2 Å². The molecule has 0 bridgehead atoms. The number of carbonyl (C=O) groups excluding carboxylic acids is 1. The van der Waals surface area contributed by atoms with Gasteiger partial charge in [-0.1, -0.05) is 36.4 Å². The van der Waals surface area contributed by atoms with Gasteiger partial charge in [-0.3, -0.25) is 4.57 Å². The summed E-state index contributed by atoms with van der Waals surface area (Å²) in [7, 11) is 3.96. The molecule has 0 saturated carbocycles. The van der Waals surface area contributed by atoms with Crippen LogP contribution in [0.25, 0.3) is 10.8 Å². The Morgan fingerprint density at radius 2 is 1.97 bits per heavy atom. The first-order chi connectivity index (χ1) is 14.5. The Bertz CT molecular complexity index is 1100. The molecular formula is C22H28N6O2. The molecule has 8 nitrogen and oxygen atoms in total. The Labute approximate surface area is 175 Å². The summed E-state index contributed by atoms with van der Waals surface area (Å²) in [4.78, 5) is 27.3. The molecule has 2 amide bonds. The van der Waals surface area contributed by atoms with E-state index in [-0.39, 0.29) is 17.8 Å². The van der Waals surface area contributed by atoms with E-state index < -0.39 is 0 Å². The SMILES string of the molecule is CN(C)CCn1nc2n(c1=O)CCC(NC(=O)Nc1cccc3ccccc13)CC2. The zero-order valence-corrected chi connectivity index (χ0v) is 17.5. The lowest BCUT2D eigenvalue weighted by Gasteiger charge is -2.17. The van der Waals surface area contributed by atoms with Crippen LogP contribution in [0.2, 0.25) is 0 Å². The van der Waals surface area contributed by atoms with Gasteiger partial charge in [0.1, 0.15) is 5.82 Å². The molecule has 1 unspecified atom stereocenters. The number of benzene rings is 2. The van der Waals surface area contributed by atoms with Crippen molar-refractivity contribution < 1.29 is 4.79 Å². The lowest BCUT2D eigenvalue weighted by Crippen LogP contribution is -2.38. The van der Waals surface area contributed by atoms with Gasteiger partial charge in [-0.2, -0.15) is 5.10 Å². The molecule has 0 aliphatic carbocycles. The van der Waals surface area contributed by atoms with E-state index in [2.05, 4.69) is 15.7 Å². The molecule has 0 fully saturated rings. The number of urea groups is 1. The maximum Gasteiger partial charge on any atom is 0.345 e. The van der Waals surface area contributed by atoms with Crippen LogP contribution in [0.3, 0.4) is 0 Å². The van der Waals surface area contributed by atoms with E-state index in [1.54, 1.807) is 9.25 Å². The van der Waals surface area contributed by atoms with Crippen molar-refractivity contribution in [2.75, 3.05) is 26.0 Å². The number of hydrogen-bond donors (Lipinski definition) is 2. The number of aromatic nitrogens is 3. The predicted molar refractivity (Wildman–Crippen MR) is 118 cm³/mol. The van der Waals surface area contributed by atoms with Crippen LogP contribution < -0.4 is 16.3 Å². The summed E-state index contributed by atoms with van der Waals surface area (Å²) >= 11 is 0. The molecule has 2 heterocycles. The van der Waals surface area contributed by atoms with Gasteiger partial charge in [0.15, 0.2) is 0 Å². The molecule has 1 atom stereocenters. The Kier molecular flexibility index (Phi) is 5.85. The van der Waals surface area contributed by atoms with Crippen molar-refractivity contribution in [1.29, 1.82) is 0 Å². The van der Waals surface area contributed by atoms with Crippen molar-refractivity contribution in [2.45, 2.75) is 38.4 Å². The van der Waals surface area contributed by atoms with E-state index in [1.165, 1.54) is 0 Å². The third kappa shape index (κ3) is 4.38. The largest absolute Gasteiger partial charge is 0.345 e. The number of aryl methyl sites for hydroxylation is 1. The first-order valence-corrected chi connectivity index (χ1v) is 10.4. The Balaban J connectivity index is 1.38. The molecule has 0 spiro atoms. The summed E-state index contributed by atoms with van der Waals surface area (Å²) in [5, 5.41) is 12.6. The highest BCUT2D eigenvalue weighted by Gasteiger charge is 2.22. The number of hydrogen-bond acceptors (Lipinski definition) is 4. The monoisotopic (exact) mass is 408 g/mol. The second kappa shape index (κ2) is 8.71. The van der Waals surface area contributed by atoms with Crippen molar-refractivity contribution in [1.82, 2.24) is 24.6 Å². The highest BCUT2D eigenvalue weighted by atomic mass is 16.2. The van der Waals surface area contributed by atoms with E-state index in [4.69, 9.17) is 0 Å². The predicted octanol–water partition coefficient (Wildman–Crippen LogP) is 2.29. The topological polar surface area (TPSA) is 84.2 Å². The maximum absolute atomic E-state index is 12.6. The molecule has 30 heavy (non-hydrogen) atoms. The third-order valence-corrected chi connectivity index (χ3v) is 5.55. The number of nitrogens with one attached hydrogen (secondary N) is 2. The van der Waals surface area contributed by atoms with Crippen molar-refractivity contribution in [3.8, 4) is 0 Å². The van der Waals surface area contributed by atoms with E-state index in [0.717, 1.165) is 35.2 Å². The molecule has 0 radical (unpaired) electrons. The molecule has 8 heteroatoms. The minimum absolute atomic E-state index is 0.00342. The molecule has 1 aliphatic rings. The average molecular weight is 409 g/mol. The Hall–Kier alpha value is -3.13. The van der Waals surface area contributed by atoms with E-state index >= 15 is 0 Å². The van der Waals surface area contributed by atoms with Crippen LogP contribution in [-0.2, 0) is 19.5 Å². The van der Waals surface area contributed by atoms with Crippen LogP contribution in [0.1, 0.15) is 18.7 Å². The smallest absolute Gasteiger partial charge is 0.335 e. The van der Waals surface area contributed by atoms with Crippen LogP contribution in [0.4, 0.5) is 10.5 Å². The molecule has 4 rings (SSSR count). The summed E-state index contributed by atoms with van der Waals surface area (Å²) < 4.78 is 3.30. The molecule has 1 aliphatic heterocycles. The molecule has 0 saturated heterocycles. The zero-order valence-electron chi connectivity index (χ0n) is 17.5. The normalized spacial score (nSPS) is 16.3. The molecule has 158 valence electrons. The summed E-state index contributed by atoms with van der Waals surface area (Å²) in [5.74, 6) is 0.803. The van der Waals surface area contributed by atoms with E-state index in [9.17, 15) is 9.59 Å². The second-order valence-corrected chi connectivity index (χ2v) is 8.03. The summed E-state index contributed by atoms with van der Waals surface area (Å²) in [6, 6.07) is 13.6. The van der Waals surface area contributed by atoms with Gasteiger partial charge >= 0.3 is 11.7 Å². The van der Waals surface area contributed by atoms with Crippen molar-refractivity contribution in [3.05, 3.63) is 58.8 Å². The van der Waals surface area contributed by atoms with Gasteiger partial charge in [0.25, 0.3) is 0 Å². The first kappa shape index (κ1) is 20.2. The highest BCUT2D eigenvalue weighted by Crippen LogP contribution is 2.23. The highest BCUT2D eigenvalue weighted by molar-refractivity contribution is 6.01. The van der Waals surface area contributed by atoms with Crippen molar-refractivity contribution in [3.63, 3.8) is 0 Å². The molecule has 2 N–H and O–H groups in total. The van der Waals surface area contributed by atoms with Crippen LogP contribution >= 0.6 is 0 Å². The van der Waals surface area contributed by atoms with E-state index in [1.807, 2.05) is 61.5 Å². The number of anilines is 1. The fourth-order valence-electron chi connectivity index (χ4n) is 3.89. The lowest BCUT2D eigenvalue weighted by atomic mass is 10.1. The van der Waals surface area contributed by atoms with Gasteiger partial charge in [-0.15, -0.1) is 0 Å². The number of carbonyl (C=O) groups is 1. The minimum Gasteiger partial charge on any atom is -0.335 e. The van der Waals surface area contributed by atoms with Crippen LogP contribution in [0, 0.1) is 0 Å². The van der Waals surface area contributed by atoms with Gasteiger partial charge < -0.3 is 15.5 Å². The van der Waals surface area contributed by atoms with Crippen molar-refractivity contribution >= 4 is 22.5 Å². The van der Waals surface area contributed by atoms with Crippen LogP contribution in [0.5, 0.6) is 0 Å². The summed E-state index contributed by atoms with van der Waals surface area (Å²) in [6.45, 7) is 1.92. The van der Waals surface area contributed by atoms with E-state index in [0.29, 0.717) is 25.9 Å². The number of fused-ring (bicyclic) bond motifs is 2. The fourth-order valence-corrected chi connectivity index (χ4v) is 3.89. The van der Waals surface area contributed by atoms with Gasteiger partial charge in [-0.05, 0) is 38.4 Å². The first-order valence-electron chi connectivity index (χ1n) is 10.4. The molecule has 1 aromatic heterocycles. The quantitative estimate of drug-likeness (QED) is 0.678. The molecule has 3 aromatic rings. The third-order valence-electron chi connectivity index (χ3n) is 5.55. The molecular weight excluding hydrogens is 380 g/mol. The number of nitrogens with zero attached hydrogens (tertiary/aromatic N) is 4. The van der Waals surface area contributed by atoms with Gasteiger partial charge in [-0.25, -0.2) is 14.3 Å². The summed E-state index contributed by atoms with van der Waals surface area (Å²) in [6.07, 6.45) is 2.13. The maximum atomic E-state index is 12.6. The standard InChI is InChI=1S/C22H28N6O2/c1-26(2)14-15-28-22(30)27-13-12-17(10-11-20(27)25-28)23-21(29)24-19-9-5-7-16-6-3-4-8-18(16)19/h3-9,17H,10-15H2,1-2H3,(H2,23,24,29). The van der Waals surface area contributed by atoms with Crippen molar-refractivity contribution in [2.24, 2.45) is 0 Å². The fraction of sp³-hybridized carbons (Fsp3) is 0.409. The zero-order chi connectivity index (χ0) is 21.1.